The second-order valence-electron chi connectivity index (χ2n) is 19.0. The molecule has 1 unspecified atom stereocenters. The maximum absolute atomic E-state index is 14.6. The molecule has 0 saturated carbocycles. The molecule has 8 rings (SSSR count). The van der Waals surface area contributed by atoms with Gasteiger partial charge in [0.1, 0.15) is 35.5 Å². The number of fused-ring (bicyclic) bond motifs is 1. The van der Waals surface area contributed by atoms with Crippen LogP contribution in [-0.4, -0.2) is 104 Å². The number of aliphatic hydroxyl groups excluding tert-OH is 1. The second-order valence-corrected chi connectivity index (χ2v) is 21.4. The van der Waals surface area contributed by atoms with Crippen LogP contribution in [0.15, 0.2) is 146 Å². The van der Waals surface area contributed by atoms with Crippen molar-refractivity contribution >= 4 is 48.4 Å². The van der Waals surface area contributed by atoms with Crippen LogP contribution in [-0.2, 0) is 24.4 Å². The number of benzene rings is 5. The van der Waals surface area contributed by atoms with Crippen LogP contribution in [0.25, 0.3) is 11.2 Å². The highest BCUT2D eigenvalue weighted by molar-refractivity contribution is 7.63. The maximum atomic E-state index is 14.6. The van der Waals surface area contributed by atoms with E-state index in [9.17, 15) is 24.9 Å². The quantitative estimate of drug-likeness (QED) is 0.0451. The fraction of sp³-hybridized carbons (Fsp3) is 0.333. The summed E-state index contributed by atoms with van der Waals surface area (Å²) >= 11 is 0. The molecule has 0 spiro atoms. The number of ether oxygens (including phenoxy) is 5. The summed E-state index contributed by atoms with van der Waals surface area (Å²) < 4.78 is 42.9. The van der Waals surface area contributed by atoms with Gasteiger partial charge < -0.3 is 28.8 Å². The molecule has 0 bridgehead atoms. The second kappa shape index (κ2) is 24.1. The zero-order chi connectivity index (χ0) is 54.1. The fourth-order valence-corrected chi connectivity index (χ4v) is 12.5. The Kier molecular flexibility index (Phi) is 17.4. The van der Waals surface area contributed by atoms with E-state index in [-0.39, 0.29) is 47.7 Å². The molecule has 1 aliphatic heterocycles. The average molecular weight is 1050 g/mol. The van der Waals surface area contributed by atoms with Crippen LogP contribution in [0.4, 0.5) is 22.1 Å². The monoisotopic (exact) mass is 1050 g/mol. The Bertz CT molecular complexity index is 2990. The summed E-state index contributed by atoms with van der Waals surface area (Å²) in [7, 11) is -0.607. The minimum absolute atomic E-state index is 0.00711. The van der Waals surface area contributed by atoms with Gasteiger partial charge in [0.15, 0.2) is 23.5 Å². The molecule has 1 aliphatic rings. The number of nitriles is 1. The van der Waals surface area contributed by atoms with Gasteiger partial charge in [0.05, 0.1) is 51.0 Å². The van der Waals surface area contributed by atoms with Crippen LogP contribution in [0.1, 0.15) is 70.9 Å². The lowest BCUT2D eigenvalue weighted by Gasteiger charge is -2.41. The van der Waals surface area contributed by atoms with Gasteiger partial charge in [-0.1, -0.05) is 105 Å². The molecule has 3 N–H and O–H groups in total. The number of aliphatic hydroxyl groups is 1. The van der Waals surface area contributed by atoms with Crippen molar-refractivity contribution in [2.75, 3.05) is 37.2 Å². The van der Waals surface area contributed by atoms with Gasteiger partial charge in [-0.05, 0) is 92.9 Å². The molecule has 7 aromatic rings. The van der Waals surface area contributed by atoms with E-state index < -0.39 is 62.5 Å². The van der Waals surface area contributed by atoms with Crippen LogP contribution in [0.5, 0.6) is 17.4 Å². The third-order valence-corrected chi connectivity index (χ3v) is 16.0. The lowest BCUT2D eigenvalue weighted by molar-refractivity contribution is -0.120. The molecule has 2 aromatic heterocycles. The molecule has 1 saturated heterocycles. The highest BCUT2D eigenvalue weighted by Crippen LogP contribution is 2.64. The number of rotatable bonds is 21. The van der Waals surface area contributed by atoms with Crippen molar-refractivity contribution in [3.8, 4) is 23.4 Å². The number of nitrogens with one attached hydrogen (secondary N) is 1. The van der Waals surface area contributed by atoms with Crippen molar-refractivity contribution in [1.29, 1.82) is 5.26 Å². The number of para-hydroxylation sites is 2. The Hall–Kier alpha value is -7.33. The summed E-state index contributed by atoms with van der Waals surface area (Å²) in [5, 5.41) is 24.2. The SMILES string of the molecule is COc1ccc(C(O[C@@H]2[C@H](O[P+](O)(CCC#N)N(C(C)C)C(C)C)[C@@H](CO)O[C@H]2n2cnc3c(OC(=O)N(c4ccccc4)c4ccccc4)nc(NC(=O)C(C)C)nc32)(c2ccccc2)c2ccc(OC)cc2)cc1. The number of imidazole rings is 1. The molecule has 2 amide bonds. The van der Waals surface area contributed by atoms with Gasteiger partial charge in [0, 0.05) is 18.0 Å². The minimum Gasteiger partial charge on any atom is -0.497 e. The first-order valence-electron chi connectivity index (χ1n) is 25.1. The zero-order valence-electron chi connectivity index (χ0n) is 43.8. The number of methoxy groups -OCH3 is 2. The number of hydrogen-bond acceptors (Lipinski definition) is 15. The zero-order valence-corrected chi connectivity index (χ0v) is 44.7. The number of aromatic nitrogens is 4. The van der Waals surface area contributed by atoms with E-state index in [1.807, 2.05) is 123 Å². The summed E-state index contributed by atoms with van der Waals surface area (Å²) in [6.07, 6.45) is -4.56. The number of carbonyl (C=O) groups excluding carboxylic acids is 2. The van der Waals surface area contributed by atoms with Gasteiger partial charge >= 0.3 is 14.0 Å². The molecule has 5 atom stereocenters. The third-order valence-electron chi connectivity index (χ3n) is 13.0. The highest BCUT2D eigenvalue weighted by Gasteiger charge is 2.60. The van der Waals surface area contributed by atoms with E-state index in [0.717, 1.165) is 0 Å². The van der Waals surface area contributed by atoms with Gasteiger partial charge in [-0.25, -0.2) is 19.6 Å². The van der Waals surface area contributed by atoms with E-state index in [0.29, 0.717) is 39.6 Å². The number of nitrogens with zero attached hydrogens (tertiary/aromatic N) is 7. The first-order chi connectivity index (χ1) is 36.7. The van der Waals surface area contributed by atoms with Crippen molar-refractivity contribution in [2.45, 2.75) is 90.2 Å². The Morgan fingerprint density at radius 3 is 1.79 bits per heavy atom. The Labute approximate surface area is 443 Å². The van der Waals surface area contributed by atoms with E-state index in [2.05, 4.69) is 16.4 Å². The first-order valence-corrected chi connectivity index (χ1v) is 26.9. The number of amides is 2. The van der Waals surface area contributed by atoms with Crippen molar-refractivity contribution in [3.63, 3.8) is 0 Å². The van der Waals surface area contributed by atoms with E-state index >= 15 is 0 Å². The smallest absolute Gasteiger partial charge is 0.425 e. The predicted molar refractivity (Wildman–Crippen MR) is 289 cm³/mol. The molecule has 19 heteroatoms. The molecule has 1 fully saturated rings. The number of anilines is 3. The molecule has 5 aromatic carbocycles. The Balaban J connectivity index is 1.37. The van der Waals surface area contributed by atoms with Crippen molar-refractivity contribution in [1.82, 2.24) is 24.2 Å². The van der Waals surface area contributed by atoms with Crippen molar-refractivity contribution < 1.29 is 47.8 Å². The van der Waals surface area contributed by atoms with Gasteiger partial charge in [0.25, 0.3) is 5.88 Å². The summed E-state index contributed by atoms with van der Waals surface area (Å²) in [5.74, 6) is -0.227. The lowest BCUT2D eigenvalue weighted by atomic mass is 9.79. The highest BCUT2D eigenvalue weighted by atomic mass is 31.2. The van der Waals surface area contributed by atoms with Gasteiger partial charge in [-0.15, -0.1) is 4.67 Å². The van der Waals surface area contributed by atoms with Crippen LogP contribution in [0, 0.1) is 17.2 Å². The van der Waals surface area contributed by atoms with Crippen LogP contribution < -0.4 is 24.4 Å². The topological polar surface area (TPSA) is 216 Å². The summed E-state index contributed by atoms with van der Waals surface area (Å²) in [6.45, 7) is 10.6. The summed E-state index contributed by atoms with van der Waals surface area (Å²) in [6, 6.07) is 44.1. The lowest BCUT2D eigenvalue weighted by Crippen LogP contribution is -2.47. The molecule has 3 heterocycles. The maximum Gasteiger partial charge on any atom is 0.425 e. The molecular weight excluding hydrogens is 988 g/mol. The molecular formula is C57H64N8O10P+. The third kappa shape index (κ3) is 11.4. The summed E-state index contributed by atoms with van der Waals surface area (Å²) in [5.41, 5.74) is 1.52. The van der Waals surface area contributed by atoms with E-state index in [1.165, 1.54) is 11.2 Å². The van der Waals surface area contributed by atoms with Crippen molar-refractivity contribution in [3.05, 3.63) is 163 Å². The Morgan fingerprint density at radius 2 is 1.30 bits per heavy atom. The first kappa shape index (κ1) is 54.9. The number of carbonyl (C=O) groups is 2. The molecule has 0 radical (unpaired) electrons. The van der Waals surface area contributed by atoms with Crippen LogP contribution in [0.2, 0.25) is 0 Å². The summed E-state index contributed by atoms with van der Waals surface area (Å²) in [4.78, 5) is 56.7. The normalized spacial score (nSPS) is 17.4. The standard InChI is InChI=1S/C57H63N8O10P/c1-37(2)52(67)61-55-60-51-48(53(62-55)73-56(68)64(43-21-14-10-15-22-43)44-23-16-11-17-24-44)59-36-63(51)54-50(49(47(35-66)72-54)75-76(69,34-18-33-58)65(38(3)4)39(5)6)74-57(40-19-12-9-13-20-40,41-25-29-45(70-7)30-26-41)42-27-31-46(71-8)32-28-42/h9-17,19-32,36-39,47,49-50,54,66,69H,18,34-35H2,1-8H3/p+1/t47-,49-,50-,54-,76?/m1/s1. The number of hydrogen-bond donors (Lipinski definition) is 3. The van der Waals surface area contributed by atoms with E-state index in [4.69, 9.17) is 38.2 Å². The van der Waals surface area contributed by atoms with Crippen LogP contribution in [0.3, 0.4) is 0 Å². The molecule has 0 aliphatic carbocycles. The van der Waals surface area contributed by atoms with E-state index in [1.54, 1.807) is 81.2 Å². The minimum atomic E-state index is -3.77. The molecule has 18 nitrogen and oxygen atoms in total. The predicted octanol–water partition coefficient (Wildman–Crippen LogP) is 10.2. The van der Waals surface area contributed by atoms with Crippen molar-refractivity contribution in [2.24, 2.45) is 5.92 Å². The van der Waals surface area contributed by atoms with Gasteiger partial charge in [-0.2, -0.15) is 19.8 Å². The largest absolute Gasteiger partial charge is 0.497 e. The Morgan fingerprint density at radius 1 is 0.776 bits per heavy atom. The van der Waals surface area contributed by atoms with Gasteiger partial charge in [0.2, 0.25) is 11.9 Å². The average Bonchev–Trinajstić information content (AvgIpc) is 4.14. The molecule has 76 heavy (non-hydrogen) atoms. The van der Waals surface area contributed by atoms with Gasteiger partial charge in [-0.3, -0.25) is 14.7 Å². The molecule has 396 valence electrons. The fourth-order valence-electron chi connectivity index (χ4n) is 9.60. The van der Waals surface area contributed by atoms with Crippen LogP contribution >= 0.6 is 7.87 Å².